The number of hydrogen-bond acceptors (Lipinski definition) is 2. The van der Waals surface area contributed by atoms with Gasteiger partial charge in [0, 0.05) is 26.7 Å². The number of rotatable bonds is 4. The molecule has 1 unspecified atom stereocenters. The molecule has 1 rings (SSSR count). The van der Waals surface area contributed by atoms with Crippen LogP contribution in [0.2, 0.25) is 0 Å². The third-order valence-corrected chi connectivity index (χ3v) is 3.20. The highest BCUT2D eigenvalue weighted by Gasteiger charge is 2.21. The largest absolute Gasteiger partial charge is 0.347 e. The Morgan fingerprint density at radius 1 is 1.24 bits per heavy atom. The Morgan fingerprint density at radius 2 is 1.86 bits per heavy atom. The summed E-state index contributed by atoms with van der Waals surface area (Å²) in [4.78, 5) is 25.9. The van der Waals surface area contributed by atoms with Crippen molar-refractivity contribution in [3.8, 4) is 0 Å². The normalized spacial score (nSPS) is 11.7. The Bertz CT molecular complexity index is 535. The summed E-state index contributed by atoms with van der Waals surface area (Å²) in [5.74, 6) is -1.43. The number of likely N-dealkylation sites (N-methyl/N-ethyl adjacent to an activating group) is 1. The van der Waals surface area contributed by atoms with E-state index in [0.29, 0.717) is 0 Å². The summed E-state index contributed by atoms with van der Waals surface area (Å²) in [7, 11) is 4.59. The van der Waals surface area contributed by atoms with Gasteiger partial charge in [-0.15, -0.1) is 0 Å². The first kappa shape index (κ1) is 16.9. The first-order chi connectivity index (χ1) is 9.73. The molecule has 0 aliphatic rings. The average molecular weight is 299 g/mol. The molecule has 1 atom stereocenters. The Hall–Kier alpha value is -2.18. The lowest BCUT2D eigenvalue weighted by Crippen LogP contribution is -2.43. The van der Waals surface area contributed by atoms with Gasteiger partial charge in [0.1, 0.15) is 11.6 Å². The third kappa shape index (κ3) is 4.40. The fraction of sp³-hybridized carbons (Fsp3) is 0.429. The molecule has 0 saturated carbocycles. The Labute approximate surface area is 122 Å². The van der Waals surface area contributed by atoms with Gasteiger partial charge in [-0.1, -0.05) is 0 Å². The molecule has 7 heteroatoms. The summed E-state index contributed by atoms with van der Waals surface area (Å²) in [6, 6.07) is 1.87. The molecule has 0 saturated heterocycles. The number of carbonyl (C=O) groups excluding carboxylic acids is 2. The molecule has 0 aliphatic carbocycles. The van der Waals surface area contributed by atoms with Gasteiger partial charge in [0.25, 0.3) is 0 Å². The molecule has 1 aromatic rings. The van der Waals surface area contributed by atoms with Crippen LogP contribution in [0.1, 0.15) is 18.5 Å². The minimum atomic E-state index is -0.671. The van der Waals surface area contributed by atoms with Gasteiger partial charge >= 0.3 is 6.03 Å². The second-order valence-corrected chi connectivity index (χ2v) is 4.90. The number of halogens is 2. The number of nitrogens with zero attached hydrogens (tertiary/aromatic N) is 2. The molecule has 1 N–H and O–H groups in total. The lowest BCUT2D eigenvalue weighted by molar-refractivity contribution is -0.127. The number of hydrogen-bond donors (Lipinski definition) is 1. The highest BCUT2D eigenvalue weighted by molar-refractivity contribution is 5.83. The molecule has 0 aliphatic heterocycles. The van der Waals surface area contributed by atoms with Crippen molar-refractivity contribution in [2.75, 3.05) is 27.7 Å². The lowest BCUT2D eigenvalue weighted by atomic mass is 10.1. The van der Waals surface area contributed by atoms with Crippen molar-refractivity contribution in [2.45, 2.75) is 13.0 Å². The molecule has 0 fully saturated rings. The molecule has 21 heavy (non-hydrogen) atoms. The van der Waals surface area contributed by atoms with Crippen LogP contribution in [-0.4, -0.2) is 49.4 Å². The van der Waals surface area contributed by atoms with Gasteiger partial charge < -0.3 is 15.1 Å². The zero-order valence-corrected chi connectivity index (χ0v) is 12.5. The zero-order chi connectivity index (χ0) is 16.2. The van der Waals surface area contributed by atoms with Crippen molar-refractivity contribution in [3.05, 3.63) is 35.4 Å². The lowest BCUT2D eigenvalue weighted by Gasteiger charge is -2.26. The van der Waals surface area contributed by atoms with Crippen LogP contribution < -0.4 is 5.32 Å². The predicted octanol–water partition coefficient (Wildman–Crippen LogP) is 1.76. The Balaban J connectivity index is 2.73. The van der Waals surface area contributed by atoms with Crippen LogP contribution in [0.3, 0.4) is 0 Å². The minimum absolute atomic E-state index is 0.0755. The summed E-state index contributed by atoms with van der Waals surface area (Å²) < 4.78 is 26.9. The first-order valence-corrected chi connectivity index (χ1v) is 6.39. The number of nitrogens with one attached hydrogen (secondary N) is 1. The van der Waals surface area contributed by atoms with Gasteiger partial charge in [0.2, 0.25) is 5.91 Å². The number of amides is 3. The first-order valence-electron chi connectivity index (χ1n) is 6.39. The maximum Gasteiger partial charge on any atom is 0.318 e. The average Bonchev–Trinajstić information content (AvgIpc) is 2.45. The van der Waals surface area contributed by atoms with E-state index in [4.69, 9.17) is 0 Å². The Kier molecular flexibility index (Phi) is 5.63. The maximum atomic E-state index is 13.7. The molecule has 116 valence electrons. The molecule has 1 aromatic carbocycles. The van der Waals surface area contributed by atoms with Gasteiger partial charge in [-0.25, -0.2) is 13.6 Å². The van der Waals surface area contributed by atoms with Crippen LogP contribution in [-0.2, 0) is 4.79 Å². The van der Waals surface area contributed by atoms with Crippen LogP contribution in [0.5, 0.6) is 0 Å². The molecular formula is C14H19F2N3O2. The van der Waals surface area contributed by atoms with Crippen molar-refractivity contribution < 1.29 is 18.4 Å². The van der Waals surface area contributed by atoms with E-state index in [1.807, 2.05) is 0 Å². The summed E-state index contributed by atoms with van der Waals surface area (Å²) >= 11 is 0. The van der Waals surface area contributed by atoms with Gasteiger partial charge in [-0.2, -0.15) is 0 Å². The van der Waals surface area contributed by atoms with Crippen LogP contribution >= 0.6 is 0 Å². The zero-order valence-electron chi connectivity index (χ0n) is 12.5. The molecule has 0 aromatic heterocycles. The smallest absolute Gasteiger partial charge is 0.318 e. The number of urea groups is 1. The third-order valence-electron chi connectivity index (χ3n) is 3.20. The van der Waals surface area contributed by atoms with E-state index in [9.17, 15) is 18.4 Å². The summed E-state index contributed by atoms with van der Waals surface area (Å²) in [6.45, 7) is 1.42. The highest BCUT2D eigenvalue weighted by atomic mass is 19.1. The molecule has 0 spiro atoms. The van der Waals surface area contributed by atoms with Crippen LogP contribution in [0.4, 0.5) is 13.6 Å². The van der Waals surface area contributed by atoms with E-state index in [1.54, 1.807) is 21.0 Å². The topological polar surface area (TPSA) is 52.7 Å². The van der Waals surface area contributed by atoms with E-state index < -0.39 is 23.7 Å². The van der Waals surface area contributed by atoms with Gasteiger partial charge in [-0.3, -0.25) is 4.79 Å². The molecule has 0 bridgehead atoms. The molecule has 0 heterocycles. The van der Waals surface area contributed by atoms with Crippen LogP contribution in [0, 0.1) is 11.6 Å². The maximum absolute atomic E-state index is 13.7. The molecule has 0 radical (unpaired) electrons. The Morgan fingerprint density at radius 3 is 2.43 bits per heavy atom. The standard InChI is InChI=1S/C14H19F2N3O2/c1-9(11-7-10(15)5-6-12(11)16)19(4)14(21)17-8-13(20)18(2)3/h5-7,9H,8H2,1-4H3,(H,17,21). The molecule has 3 amide bonds. The van der Waals surface area contributed by atoms with Crippen molar-refractivity contribution in [1.82, 2.24) is 15.1 Å². The summed E-state index contributed by atoms with van der Waals surface area (Å²) in [5, 5.41) is 2.43. The van der Waals surface area contributed by atoms with Gasteiger partial charge in [-0.05, 0) is 25.1 Å². The van der Waals surface area contributed by atoms with Gasteiger partial charge in [0.05, 0.1) is 12.6 Å². The van der Waals surface area contributed by atoms with E-state index >= 15 is 0 Å². The quantitative estimate of drug-likeness (QED) is 0.921. The van der Waals surface area contributed by atoms with E-state index in [2.05, 4.69) is 5.32 Å². The van der Waals surface area contributed by atoms with E-state index in [0.717, 1.165) is 18.2 Å². The van der Waals surface area contributed by atoms with Crippen molar-refractivity contribution in [1.29, 1.82) is 0 Å². The fourth-order valence-electron chi connectivity index (χ4n) is 1.65. The SMILES string of the molecule is CC(c1cc(F)ccc1F)N(C)C(=O)NCC(=O)N(C)C. The minimum Gasteiger partial charge on any atom is -0.347 e. The second-order valence-electron chi connectivity index (χ2n) is 4.90. The van der Waals surface area contributed by atoms with E-state index in [-0.39, 0.29) is 18.0 Å². The monoisotopic (exact) mass is 299 g/mol. The fourth-order valence-corrected chi connectivity index (χ4v) is 1.65. The molecule has 5 nitrogen and oxygen atoms in total. The van der Waals surface area contributed by atoms with Crippen molar-refractivity contribution >= 4 is 11.9 Å². The second kappa shape index (κ2) is 7.01. The molecular weight excluding hydrogens is 280 g/mol. The van der Waals surface area contributed by atoms with Crippen molar-refractivity contribution in [2.24, 2.45) is 0 Å². The van der Waals surface area contributed by atoms with Crippen molar-refractivity contribution in [3.63, 3.8) is 0 Å². The van der Waals surface area contributed by atoms with Crippen LogP contribution in [0.25, 0.3) is 0 Å². The van der Waals surface area contributed by atoms with Gasteiger partial charge in [0.15, 0.2) is 0 Å². The van der Waals surface area contributed by atoms with E-state index in [1.165, 1.54) is 16.8 Å². The number of benzene rings is 1. The highest BCUT2D eigenvalue weighted by Crippen LogP contribution is 2.22. The summed E-state index contributed by atoms with van der Waals surface area (Å²) in [6.07, 6.45) is 0. The predicted molar refractivity (Wildman–Crippen MR) is 74.6 cm³/mol. The number of carbonyl (C=O) groups is 2. The van der Waals surface area contributed by atoms with Crippen LogP contribution in [0.15, 0.2) is 18.2 Å². The summed E-state index contributed by atoms with van der Waals surface area (Å²) in [5.41, 5.74) is 0.0755.